The number of benzene rings is 2. The predicted molar refractivity (Wildman–Crippen MR) is 78.7 cm³/mol. The third-order valence-corrected chi connectivity index (χ3v) is 3.45. The molecule has 3 rings (SSSR count). The normalized spacial score (nSPS) is 10.8. The summed E-state index contributed by atoms with van der Waals surface area (Å²) in [4.78, 5) is 0. The average molecular weight is 304 g/mol. The zero-order chi connectivity index (χ0) is 15.0. The lowest BCUT2D eigenvalue weighted by atomic mass is 10.1. The molecule has 0 aliphatic heterocycles. The lowest BCUT2D eigenvalue weighted by Crippen LogP contribution is -2.01. The van der Waals surface area contributed by atoms with Gasteiger partial charge in [0, 0.05) is 11.3 Å². The summed E-state index contributed by atoms with van der Waals surface area (Å²) in [6.45, 7) is 1.92. The quantitative estimate of drug-likeness (QED) is 0.739. The minimum Gasteiger partial charge on any atom is -0.398 e. The maximum absolute atomic E-state index is 13.1. The number of hydrogen-bond acceptors (Lipinski definition) is 4. The summed E-state index contributed by atoms with van der Waals surface area (Å²) < 4.78 is 14.6. The summed E-state index contributed by atoms with van der Waals surface area (Å²) in [5, 5.41) is 11.8. The standard InChI is InChI=1S/C14H11ClFN5/c1-8-2-3-9(6-12(8)17)14-18-19-20-21(14)13-5-4-10(16)7-11(13)15/h2-7H,17H2,1H3. The Labute approximate surface area is 125 Å². The van der Waals surface area contributed by atoms with Gasteiger partial charge >= 0.3 is 0 Å². The molecule has 0 aliphatic carbocycles. The van der Waals surface area contributed by atoms with Crippen LogP contribution in [0.1, 0.15) is 5.56 Å². The highest BCUT2D eigenvalue weighted by Crippen LogP contribution is 2.27. The van der Waals surface area contributed by atoms with E-state index in [2.05, 4.69) is 15.5 Å². The number of hydrogen-bond donors (Lipinski definition) is 1. The van der Waals surface area contributed by atoms with Gasteiger partial charge in [0.05, 0.1) is 10.7 Å². The predicted octanol–water partition coefficient (Wildman–Crippen LogP) is 3.01. The number of nitrogen functional groups attached to an aromatic ring is 1. The molecule has 5 nitrogen and oxygen atoms in total. The van der Waals surface area contributed by atoms with Crippen molar-refractivity contribution in [2.75, 3.05) is 5.73 Å². The molecule has 0 bridgehead atoms. The van der Waals surface area contributed by atoms with Gasteiger partial charge in [-0.25, -0.2) is 4.39 Å². The van der Waals surface area contributed by atoms with Gasteiger partial charge in [-0.15, -0.1) is 5.10 Å². The monoisotopic (exact) mass is 303 g/mol. The van der Waals surface area contributed by atoms with Gasteiger partial charge in [0.25, 0.3) is 0 Å². The molecule has 2 aromatic carbocycles. The third kappa shape index (κ3) is 2.45. The van der Waals surface area contributed by atoms with Crippen molar-refractivity contribution in [3.63, 3.8) is 0 Å². The molecule has 2 N–H and O–H groups in total. The topological polar surface area (TPSA) is 69.6 Å². The van der Waals surface area contributed by atoms with Gasteiger partial charge in [-0.3, -0.25) is 0 Å². The second-order valence-corrected chi connectivity index (χ2v) is 4.99. The van der Waals surface area contributed by atoms with E-state index in [1.165, 1.54) is 22.9 Å². The molecule has 7 heteroatoms. The van der Waals surface area contributed by atoms with Gasteiger partial charge in [0.1, 0.15) is 5.82 Å². The number of rotatable bonds is 2. The first-order chi connectivity index (χ1) is 10.1. The maximum Gasteiger partial charge on any atom is 0.187 e. The highest BCUT2D eigenvalue weighted by molar-refractivity contribution is 6.32. The van der Waals surface area contributed by atoms with Crippen molar-refractivity contribution in [1.82, 2.24) is 20.2 Å². The van der Waals surface area contributed by atoms with Crippen LogP contribution >= 0.6 is 11.6 Å². The molecular formula is C14H11ClFN5. The molecule has 0 amide bonds. The Morgan fingerprint density at radius 1 is 1.19 bits per heavy atom. The van der Waals surface area contributed by atoms with E-state index in [4.69, 9.17) is 17.3 Å². The number of nitrogens with zero attached hydrogens (tertiary/aromatic N) is 4. The smallest absolute Gasteiger partial charge is 0.187 e. The van der Waals surface area contributed by atoms with E-state index in [-0.39, 0.29) is 5.02 Å². The van der Waals surface area contributed by atoms with Gasteiger partial charge < -0.3 is 5.73 Å². The lowest BCUT2D eigenvalue weighted by molar-refractivity contribution is 0.627. The molecule has 0 atom stereocenters. The van der Waals surface area contributed by atoms with E-state index in [0.717, 1.165) is 11.1 Å². The van der Waals surface area contributed by atoms with Crippen molar-refractivity contribution >= 4 is 17.3 Å². The highest BCUT2D eigenvalue weighted by Gasteiger charge is 2.14. The molecule has 0 fully saturated rings. The van der Waals surface area contributed by atoms with E-state index < -0.39 is 5.82 Å². The molecular weight excluding hydrogens is 293 g/mol. The van der Waals surface area contributed by atoms with Crippen LogP contribution in [0.25, 0.3) is 17.1 Å². The summed E-state index contributed by atoms with van der Waals surface area (Å²) in [6.07, 6.45) is 0. The van der Waals surface area contributed by atoms with Crippen molar-refractivity contribution in [3.05, 3.63) is 52.8 Å². The molecule has 3 aromatic rings. The molecule has 106 valence electrons. The summed E-state index contributed by atoms with van der Waals surface area (Å²) in [5.41, 5.74) is 8.78. The van der Waals surface area contributed by atoms with Crippen molar-refractivity contribution in [2.45, 2.75) is 6.92 Å². The van der Waals surface area contributed by atoms with Crippen LogP contribution in [-0.4, -0.2) is 20.2 Å². The first-order valence-corrected chi connectivity index (χ1v) is 6.54. The number of aromatic nitrogens is 4. The van der Waals surface area contributed by atoms with Crippen molar-refractivity contribution < 1.29 is 4.39 Å². The minimum absolute atomic E-state index is 0.226. The van der Waals surface area contributed by atoms with Crippen LogP contribution in [0.15, 0.2) is 36.4 Å². The summed E-state index contributed by atoms with van der Waals surface area (Å²) in [7, 11) is 0. The Balaban J connectivity index is 2.14. The molecule has 1 heterocycles. The number of aryl methyl sites for hydroxylation is 1. The summed E-state index contributed by atoms with van der Waals surface area (Å²) in [6, 6.07) is 9.58. The Morgan fingerprint density at radius 2 is 2.00 bits per heavy atom. The van der Waals surface area contributed by atoms with Crippen LogP contribution in [0.5, 0.6) is 0 Å². The molecule has 0 radical (unpaired) electrons. The zero-order valence-electron chi connectivity index (χ0n) is 11.1. The maximum atomic E-state index is 13.1. The number of tetrazole rings is 1. The fraction of sp³-hybridized carbons (Fsp3) is 0.0714. The Bertz CT molecular complexity index is 815. The first kappa shape index (κ1) is 13.5. The molecule has 0 saturated carbocycles. The number of halogens is 2. The second-order valence-electron chi connectivity index (χ2n) is 4.58. The largest absolute Gasteiger partial charge is 0.398 e. The molecule has 0 unspecified atom stereocenters. The fourth-order valence-electron chi connectivity index (χ4n) is 1.96. The Hall–Kier alpha value is -2.47. The molecule has 21 heavy (non-hydrogen) atoms. The van der Waals surface area contributed by atoms with Crippen LogP contribution in [0, 0.1) is 12.7 Å². The van der Waals surface area contributed by atoms with Gasteiger partial charge in [-0.2, -0.15) is 4.68 Å². The number of nitrogens with two attached hydrogens (primary N) is 1. The Kier molecular flexibility index (Phi) is 3.31. The van der Waals surface area contributed by atoms with Crippen LogP contribution in [0.2, 0.25) is 5.02 Å². The summed E-state index contributed by atoms with van der Waals surface area (Å²) >= 11 is 6.06. The van der Waals surface area contributed by atoms with Crippen LogP contribution in [0.3, 0.4) is 0 Å². The lowest BCUT2D eigenvalue weighted by Gasteiger charge is -2.08. The van der Waals surface area contributed by atoms with Crippen LogP contribution in [-0.2, 0) is 0 Å². The zero-order valence-corrected chi connectivity index (χ0v) is 11.8. The molecule has 0 spiro atoms. The number of anilines is 1. The van der Waals surface area contributed by atoms with E-state index in [9.17, 15) is 4.39 Å². The van der Waals surface area contributed by atoms with Gasteiger partial charge in [-0.1, -0.05) is 23.7 Å². The summed E-state index contributed by atoms with van der Waals surface area (Å²) in [5.74, 6) is 0.0631. The molecule has 1 aromatic heterocycles. The first-order valence-electron chi connectivity index (χ1n) is 6.16. The SMILES string of the molecule is Cc1ccc(-c2nnnn2-c2ccc(F)cc2Cl)cc1N. The van der Waals surface area contributed by atoms with E-state index in [1.54, 1.807) is 6.07 Å². The highest BCUT2D eigenvalue weighted by atomic mass is 35.5. The van der Waals surface area contributed by atoms with Crippen molar-refractivity contribution in [3.8, 4) is 17.1 Å². The van der Waals surface area contributed by atoms with E-state index in [0.29, 0.717) is 17.2 Å². The third-order valence-electron chi connectivity index (χ3n) is 3.14. The van der Waals surface area contributed by atoms with Gasteiger partial charge in [-0.05, 0) is 47.2 Å². The second kappa shape index (κ2) is 5.14. The van der Waals surface area contributed by atoms with Gasteiger partial charge in [0.15, 0.2) is 5.82 Å². The minimum atomic E-state index is -0.419. The van der Waals surface area contributed by atoms with Crippen LogP contribution in [0.4, 0.5) is 10.1 Å². The van der Waals surface area contributed by atoms with Gasteiger partial charge in [0.2, 0.25) is 0 Å². The van der Waals surface area contributed by atoms with E-state index >= 15 is 0 Å². The fourth-order valence-corrected chi connectivity index (χ4v) is 2.21. The molecule has 0 aliphatic rings. The average Bonchev–Trinajstić information content (AvgIpc) is 2.91. The van der Waals surface area contributed by atoms with E-state index in [1.807, 2.05) is 19.1 Å². The molecule has 0 saturated heterocycles. The van der Waals surface area contributed by atoms with Crippen LogP contribution < -0.4 is 5.73 Å². The Morgan fingerprint density at radius 3 is 2.71 bits per heavy atom. The van der Waals surface area contributed by atoms with Crippen molar-refractivity contribution in [2.24, 2.45) is 0 Å². The van der Waals surface area contributed by atoms with Crippen molar-refractivity contribution in [1.29, 1.82) is 0 Å².